The normalized spacial score (nSPS) is 27.1. The van der Waals surface area contributed by atoms with Crippen LogP contribution in [0.15, 0.2) is 65.8 Å². The molecule has 54 heavy (non-hydrogen) atoms. The molecule has 7 rings (SSSR count). The third-order valence-electron chi connectivity index (χ3n) is 13.1. The molecule has 3 aromatic rings. The number of nitrogens with one attached hydrogen (secondary N) is 1. The summed E-state index contributed by atoms with van der Waals surface area (Å²) >= 11 is 0. The molecule has 2 aromatic carbocycles. The minimum absolute atomic E-state index is 0.0672. The number of hydrogen-bond acceptors (Lipinski definition) is 9. The summed E-state index contributed by atoms with van der Waals surface area (Å²) in [6.45, 7) is 8.31. The van der Waals surface area contributed by atoms with Crippen LogP contribution in [0.2, 0.25) is 0 Å². The van der Waals surface area contributed by atoms with E-state index in [-0.39, 0.29) is 42.1 Å². The van der Waals surface area contributed by atoms with Crippen molar-refractivity contribution in [1.82, 2.24) is 19.8 Å². The van der Waals surface area contributed by atoms with Gasteiger partial charge in [0.05, 0.1) is 35.9 Å². The van der Waals surface area contributed by atoms with E-state index in [1.807, 2.05) is 30.6 Å². The average molecular weight is 766 g/mol. The first-order chi connectivity index (χ1) is 25.8. The van der Waals surface area contributed by atoms with Crippen LogP contribution in [-0.2, 0) is 37.7 Å². The fourth-order valence-electron chi connectivity index (χ4n) is 10.2. The van der Waals surface area contributed by atoms with E-state index in [0.717, 1.165) is 75.2 Å². The number of imidazole rings is 1. The molecule has 2 N–H and O–H groups in total. The maximum absolute atomic E-state index is 15.2. The molecule has 2 aliphatic heterocycles. The fourth-order valence-corrected chi connectivity index (χ4v) is 12.3. The molecule has 294 valence electrons. The predicted molar refractivity (Wildman–Crippen MR) is 205 cm³/mol. The first-order valence-electron chi connectivity index (χ1n) is 19.5. The Bertz CT molecular complexity index is 1880. The number of aryl methyl sites for hydroxylation is 1. The van der Waals surface area contributed by atoms with Gasteiger partial charge in [-0.3, -0.25) is 0 Å². The molecule has 1 amide bonds. The van der Waals surface area contributed by atoms with Crippen molar-refractivity contribution < 1.29 is 32.2 Å². The van der Waals surface area contributed by atoms with Crippen molar-refractivity contribution in [2.75, 3.05) is 51.8 Å². The molecule has 13 heteroatoms. The van der Waals surface area contributed by atoms with Crippen molar-refractivity contribution in [1.29, 1.82) is 0 Å². The minimum Gasteiger partial charge on any atom is -0.453 e. The van der Waals surface area contributed by atoms with Crippen LogP contribution in [0.5, 0.6) is 0 Å². The highest BCUT2D eigenvalue weighted by atomic mass is 32.2. The molecule has 3 heterocycles. The smallest absolute Gasteiger partial charge is 0.407 e. The Morgan fingerprint density at radius 2 is 1.80 bits per heavy atom. The molecule has 1 aromatic heterocycles. The summed E-state index contributed by atoms with van der Waals surface area (Å²) in [4.78, 5) is 22.3. The number of nitrogens with zero attached hydrogens (tertiary/aromatic N) is 4. The lowest BCUT2D eigenvalue weighted by molar-refractivity contribution is -0.0647. The number of rotatable bonds is 13. The Morgan fingerprint density at radius 1 is 1.07 bits per heavy atom. The highest BCUT2D eigenvalue weighted by Gasteiger charge is 2.53. The zero-order chi connectivity index (χ0) is 38.3. The summed E-state index contributed by atoms with van der Waals surface area (Å²) in [6, 6.07) is 14.1. The summed E-state index contributed by atoms with van der Waals surface area (Å²) in [7, 11) is -0.309. The zero-order valence-electron chi connectivity index (χ0n) is 32.0. The van der Waals surface area contributed by atoms with E-state index >= 15 is 4.39 Å². The highest BCUT2D eigenvalue weighted by Crippen LogP contribution is 2.52. The first kappa shape index (κ1) is 38.7. The monoisotopic (exact) mass is 765 g/mol. The Hall–Kier alpha value is -3.52. The Kier molecular flexibility index (Phi) is 10.9. The second kappa shape index (κ2) is 15.2. The number of amides is 1. The number of likely N-dealkylation sites (tertiary alicyclic amines) is 1. The second-order valence-electron chi connectivity index (χ2n) is 16.5. The third-order valence-corrected chi connectivity index (χ3v) is 15.2. The van der Waals surface area contributed by atoms with E-state index in [2.05, 4.69) is 37.7 Å². The Balaban J connectivity index is 1.08. The lowest BCUT2D eigenvalue weighted by atomic mass is 9.58. The van der Waals surface area contributed by atoms with Crippen molar-refractivity contribution in [2.45, 2.75) is 105 Å². The quantitative estimate of drug-likeness (QED) is 0.237. The van der Waals surface area contributed by atoms with E-state index in [4.69, 9.17) is 9.47 Å². The fraction of sp³-hybridized carbons (Fsp3) is 0.610. The Morgan fingerprint density at radius 3 is 2.43 bits per heavy atom. The molecular formula is C41H56FN5O6S. The van der Waals surface area contributed by atoms with Crippen molar-refractivity contribution in [3.8, 4) is 0 Å². The van der Waals surface area contributed by atoms with Gasteiger partial charge < -0.3 is 34.3 Å². The van der Waals surface area contributed by atoms with E-state index in [1.54, 1.807) is 32.2 Å². The number of halogens is 1. The van der Waals surface area contributed by atoms with Gasteiger partial charge in [-0.05, 0) is 112 Å². The molecule has 0 spiro atoms. The van der Waals surface area contributed by atoms with E-state index in [0.29, 0.717) is 24.5 Å². The molecule has 3 atom stereocenters. The van der Waals surface area contributed by atoms with Gasteiger partial charge in [0.25, 0.3) is 0 Å². The Labute approximate surface area is 319 Å². The van der Waals surface area contributed by atoms with Crippen molar-refractivity contribution in [2.24, 2.45) is 11.8 Å². The van der Waals surface area contributed by atoms with Gasteiger partial charge in [0.15, 0.2) is 9.84 Å². The number of carbonyl (C=O) groups is 1. The number of piperidine rings is 1. The standard InChI is InChI=1S/C41H56FN5O6S/c1-5-37-43-18-21-46(37)28-41(30-8-6-9-31(42)22-30,35-10-7-11-36(35)44-38(48)52-3)29-16-19-45(20-17-29)25-40(53-4)26-47(27-40)32-12-14-33(15-13-32)54(50,51)34-23-39(2,49)24-34/h6,8-9,12-15,18,21-22,29,34-36,49H,5,7,10-11,16-17,19-20,23-28H2,1-4H3,(H,44,48)/t34?,35-,36-,39?,41-/m0/s1. The van der Waals surface area contributed by atoms with Crippen LogP contribution in [0.25, 0.3) is 0 Å². The van der Waals surface area contributed by atoms with Crippen LogP contribution < -0.4 is 10.2 Å². The van der Waals surface area contributed by atoms with Gasteiger partial charge in [-0.15, -0.1) is 0 Å². The number of anilines is 1. The largest absolute Gasteiger partial charge is 0.453 e. The number of alkyl carbamates (subject to hydrolysis) is 1. The van der Waals surface area contributed by atoms with Gasteiger partial charge in [-0.2, -0.15) is 0 Å². The highest BCUT2D eigenvalue weighted by molar-refractivity contribution is 7.92. The summed E-state index contributed by atoms with van der Waals surface area (Å²) in [5.41, 5.74) is 0.200. The number of sulfone groups is 1. The lowest BCUT2D eigenvalue weighted by Gasteiger charge is -2.54. The number of aliphatic hydroxyl groups is 1. The van der Waals surface area contributed by atoms with Crippen LogP contribution in [0, 0.1) is 17.7 Å². The van der Waals surface area contributed by atoms with Crippen LogP contribution in [-0.4, -0.2) is 104 Å². The number of methoxy groups -OCH3 is 2. The molecule has 4 fully saturated rings. The molecule has 11 nitrogen and oxygen atoms in total. The minimum atomic E-state index is -3.48. The number of benzene rings is 2. The van der Waals surface area contributed by atoms with Crippen molar-refractivity contribution in [3.05, 3.63) is 78.1 Å². The zero-order valence-corrected chi connectivity index (χ0v) is 32.9. The first-order valence-corrected chi connectivity index (χ1v) is 21.1. The van der Waals surface area contributed by atoms with E-state index in [1.165, 1.54) is 13.2 Å². The van der Waals surface area contributed by atoms with Crippen LogP contribution in [0.1, 0.15) is 70.2 Å². The topological polar surface area (TPSA) is 126 Å². The molecule has 0 unspecified atom stereocenters. The number of hydrogen-bond donors (Lipinski definition) is 2. The van der Waals surface area contributed by atoms with Gasteiger partial charge in [0.1, 0.15) is 17.2 Å². The predicted octanol–water partition coefficient (Wildman–Crippen LogP) is 5.35. The summed E-state index contributed by atoms with van der Waals surface area (Å²) < 4.78 is 54.9. The van der Waals surface area contributed by atoms with Gasteiger partial charge in [-0.1, -0.05) is 25.5 Å². The molecule has 2 saturated heterocycles. The maximum Gasteiger partial charge on any atom is 0.407 e. The number of carbonyl (C=O) groups excluding carboxylic acids is 1. The molecule has 2 aliphatic carbocycles. The maximum atomic E-state index is 15.2. The van der Waals surface area contributed by atoms with Crippen molar-refractivity contribution >= 4 is 21.6 Å². The summed E-state index contributed by atoms with van der Waals surface area (Å²) in [5.74, 6) is 1.01. The van der Waals surface area contributed by atoms with Crippen molar-refractivity contribution in [3.63, 3.8) is 0 Å². The number of aromatic nitrogens is 2. The van der Waals surface area contributed by atoms with Crippen LogP contribution >= 0.6 is 0 Å². The van der Waals surface area contributed by atoms with E-state index < -0.39 is 32.2 Å². The molecule has 2 saturated carbocycles. The van der Waals surface area contributed by atoms with Gasteiger partial charge >= 0.3 is 6.09 Å². The van der Waals surface area contributed by atoms with Gasteiger partial charge in [0.2, 0.25) is 0 Å². The molecular weight excluding hydrogens is 710 g/mol. The summed E-state index contributed by atoms with van der Waals surface area (Å²) in [5, 5.41) is 12.7. The lowest BCUT2D eigenvalue weighted by Crippen LogP contribution is -2.68. The summed E-state index contributed by atoms with van der Waals surface area (Å²) in [6.07, 6.45) is 9.30. The SMILES string of the molecule is CCc1nccn1C[C@@](c1cccc(F)c1)(C1CCN(CC2(OC)CN(c3ccc(S(=O)(=O)C4CC(C)(O)C4)cc3)C2)CC1)[C@H]1CCC[C@@H]1NC(=O)OC. The molecule has 0 radical (unpaired) electrons. The van der Waals surface area contributed by atoms with Crippen LogP contribution in [0.4, 0.5) is 14.9 Å². The average Bonchev–Trinajstić information content (AvgIpc) is 3.80. The third kappa shape index (κ3) is 7.41. The van der Waals surface area contributed by atoms with E-state index in [9.17, 15) is 18.3 Å². The molecule has 0 bridgehead atoms. The molecule has 4 aliphatic rings. The van der Waals surface area contributed by atoms with Gasteiger partial charge in [0, 0.05) is 56.2 Å². The second-order valence-corrected chi connectivity index (χ2v) is 18.7. The van der Waals surface area contributed by atoms with Crippen LogP contribution in [0.3, 0.4) is 0 Å². The number of ether oxygens (including phenoxy) is 2. The van der Waals surface area contributed by atoms with Gasteiger partial charge in [-0.25, -0.2) is 22.6 Å².